The number of hydrogen-bond donors (Lipinski definition) is 2. The number of benzene rings is 2. The fourth-order valence-electron chi connectivity index (χ4n) is 3.35. The van der Waals surface area contributed by atoms with E-state index in [9.17, 15) is 9.90 Å². The number of aromatic hydroxyl groups is 1. The SMILES string of the molecule is O=C1c2ccccc2[C@]2(c3ccc(O)cc3)NCCN12. The van der Waals surface area contributed by atoms with Crippen LogP contribution in [0.3, 0.4) is 0 Å². The van der Waals surface area contributed by atoms with Gasteiger partial charge in [-0.05, 0) is 23.8 Å². The van der Waals surface area contributed by atoms with Crippen LogP contribution in [0.25, 0.3) is 0 Å². The van der Waals surface area contributed by atoms with Crippen LogP contribution in [0.1, 0.15) is 21.5 Å². The molecule has 0 aromatic heterocycles. The standard InChI is InChI=1S/C16H14N2O2/c19-12-7-5-11(6-8-12)16-14-4-2-1-3-13(14)15(20)18(16)10-9-17-16/h1-8,17,19H,9-10H2/t16-/m1/s1. The summed E-state index contributed by atoms with van der Waals surface area (Å²) in [5, 5.41) is 13.0. The minimum atomic E-state index is -0.582. The van der Waals surface area contributed by atoms with Crippen molar-refractivity contribution < 1.29 is 9.90 Å². The summed E-state index contributed by atoms with van der Waals surface area (Å²) in [6.45, 7) is 1.45. The maximum atomic E-state index is 12.6. The lowest BCUT2D eigenvalue weighted by Crippen LogP contribution is -2.46. The average Bonchev–Trinajstić information content (AvgIpc) is 3.01. The van der Waals surface area contributed by atoms with Gasteiger partial charge in [-0.3, -0.25) is 10.1 Å². The maximum absolute atomic E-state index is 12.6. The predicted octanol–water partition coefficient (Wildman–Crippen LogP) is 1.65. The van der Waals surface area contributed by atoms with Gasteiger partial charge in [-0.25, -0.2) is 0 Å². The van der Waals surface area contributed by atoms with Crippen LogP contribution in [0, 0.1) is 0 Å². The minimum absolute atomic E-state index is 0.0682. The summed E-state index contributed by atoms with van der Waals surface area (Å²) in [6.07, 6.45) is 0. The second kappa shape index (κ2) is 3.84. The van der Waals surface area contributed by atoms with E-state index >= 15 is 0 Å². The summed E-state index contributed by atoms with van der Waals surface area (Å²) in [5.41, 5.74) is 2.15. The third kappa shape index (κ3) is 1.26. The molecule has 0 aliphatic carbocycles. The Morgan fingerprint density at radius 2 is 1.85 bits per heavy atom. The molecule has 2 aliphatic heterocycles. The van der Waals surface area contributed by atoms with Gasteiger partial charge >= 0.3 is 0 Å². The number of carbonyl (C=O) groups is 1. The molecule has 2 N–H and O–H groups in total. The monoisotopic (exact) mass is 266 g/mol. The molecule has 20 heavy (non-hydrogen) atoms. The molecular formula is C16H14N2O2. The summed E-state index contributed by atoms with van der Waals surface area (Å²) in [7, 11) is 0. The van der Waals surface area contributed by atoms with Crippen LogP contribution < -0.4 is 5.32 Å². The molecule has 0 unspecified atom stereocenters. The first-order valence-electron chi connectivity index (χ1n) is 6.69. The summed E-state index contributed by atoms with van der Waals surface area (Å²) in [5.74, 6) is 0.297. The third-order valence-corrected chi connectivity index (χ3v) is 4.20. The van der Waals surface area contributed by atoms with Crippen molar-refractivity contribution in [3.8, 4) is 5.75 Å². The molecular weight excluding hydrogens is 252 g/mol. The van der Waals surface area contributed by atoms with E-state index in [-0.39, 0.29) is 11.7 Å². The van der Waals surface area contributed by atoms with E-state index in [4.69, 9.17) is 0 Å². The van der Waals surface area contributed by atoms with Crippen LogP contribution in [0.5, 0.6) is 5.75 Å². The van der Waals surface area contributed by atoms with E-state index in [2.05, 4.69) is 5.32 Å². The first kappa shape index (κ1) is 11.5. The van der Waals surface area contributed by atoms with Crippen molar-refractivity contribution in [2.45, 2.75) is 5.66 Å². The Morgan fingerprint density at radius 3 is 2.65 bits per heavy atom. The number of nitrogens with zero attached hydrogens (tertiary/aromatic N) is 1. The molecule has 4 heteroatoms. The van der Waals surface area contributed by atoms with Crippen molar-refractivity contribution in [3.05, 3.63) is 65.2 Å². The summed E-state index contributed by atoms with van der Waals surface area (Å²) in [6, 6.07) is 14.8. The third-order valence-electron chi connectivity index (χ3n) is 4.20. The molecule has 0 saturated carbocycles. The Balaban J connectivity index is 1.99. The van der Waals surface area contributed by atoms with Crippen LogP contribution in [0.2, 0.25) is 0 Å². The lowest BCUT2D eigenvalue weighted by Gasteiger charge is -2.33. The lowest BCUT2D eigenvalue weighted by molar-refractivity contribution is 0.0694. The van der Waals surface area contributed by atoms with Crippen LogP contribution in [0.15, 0.2) is 48.5 Å². The molecule has 1 amide bonds. The lowest BCUT2D eigenvalue weighted by atomic mass is 9.91. The van der Waals surface area contributed by atoms with E-state index in [1.54, 1.807) is 12.1 Å². The Labute approximate surface area is 116 Å². The quantitative estimate of drug-likeness (QED) is 0.825. The molecule has 2 heterocycles. The van der Waals surface area contributed by atoms with Crippen LogP contribution in [0.4, 0.5) is 0 Å². The van der Waals surface area contributed by atoms with E-state index in [1.165, 1.54) is 0 Å². The molecule has 2 aliphatic rings. The van der Waals surface area contributed by atoms with Crippen LogP contribution in [-0.2, 0) is 5.66 Å². The van der Waals surface area contributed by atoms with Crippen LogP contribution in [-0.4, -0.2) is 29.0 Å². The molecule has 0 bridgehead atoms. The Bertz CT molecular complexity index is 696. The predicted molar refractivity (Wildman–Crippen MR) is 74.4 cm³/mol. The van der Waals surface area contributed by atoms with Gasteiger partial charge in [0.1, 0.15) is 11.4 Å². The Kier molecular flexibility index (Phi) is 2.20. The molecule has 2 aromatic rings. The number of phenolic OH excluding ortho intramolecular Hbond substituents is 1. The smallest absolute Gasteiger partial charge is 0.256 e. The Hall–Kier alpha value is -2.33. The number of hydrogen-bond acceptors (Lipinski definition) is 3. The molecule has 0 radical (unpaired) electrons. The molecule has 4 rings (SSSR count). The zero-order valence-electron chi connectivity index (χ0n) is 10.8. The number of phenols is 1. The van der Waals surface area contributed by atoms with E-state index in [0.29, 0.717) is 6.54 Å². The number of fused-ring (bicyclic) bond motifs is 3. The van der Waals surface area contributed by atoms with Gasteiger partial charge in [-0.1, -0.05) is 30.3 Å². The van der Waals surface area contributed by atoms with Gasteiger partial charge < -0.3 is 10.0 Å². The number of rotatable bonds is 1. The van der Waals surface area contributed by atoms with Gasteiger partial charge in [-0.2, -0.15) is 0 Å². The van der Waals surface area contributed by atoms with Crippen LogP contribution >= 0.6 is 0 Å². The highest BCUT2D eigenvalue weighted by Crippen LogP contribution is 2.44. The van der Waals surface area contributed by atoms with Gasteiger partial charge in [0.25, 0.3) is 5.91 Å². The summed E-state index contributed by atoms with van der Waals surface area (Å²) >= 11 is 0. The first-order chi connectivity index (χ1) is 9.73. The second-order valence-electron chi connectivity index (χ2n) is 5.19. The first-order valence-corrected chi connectivity index (χ1v) is 6.69. The highest BCUT2D eigenvalue weighted by molar-refractivity contribution is 6.01. The van der Waals surface area contributed by atoms with E-state index in [0.717, 1.165) is 23.2 Å². The van der Waals surface area contributed by atoms with Gasteiger partial charge in [0.15, 0.2) is 0 Å². The Morgan fingerprint density at radius 1 is 1.10 bits per heavy atom. The van der Waals surface area contributed by atoms with Crippen molar-refractivity contribution in [2.24, 2.45) is 0 Å². The van der Waals surface area contributed by atoms with Crippen molar-refractivity contribution in [1.29, 1.82) is 0 Å². The maximum Gasteiger partial charge on any atom is 0.256 e. The molecule has 1 saturated heterocycles. The zero-order chi connectivity index (χ0) is 13.7. The van der Waals surface area contributed by atoms with Gasteiger partial charge in [-0.15, -0.1) is 0 Å². The average molecular weight is 266 g/mol. The molecule has 0 spiro atoms. The molecule has 4 nitrogen and oxygen atoms in total. The zero-order valence-corrected chi connectivity index (χ0v) is 10.8. The molecule has 1 atom stereocenters. The molecule has 2 aromatic carbocycles. The van der Waals surface area contributed by atoms with Gasteiger partial charge in [0.05, 0.1) is 0 Å². The topological polar surface area (TPSA) is 52.6 Å². The number of amides is 1. The molecule has 1 fully saturated rings. The number of carbonyl (C=O) groups excluding carboxylic acids is 1. The van der Waals surface area contributed by atoms with Crippen molar-refractivity contribution in [2.75, 3.05) is 13.1 Å². The normalized spacial score (nSPS) is 23.8. The largest absolute Gasteiger partial charge is 0.508 e. The van der Waals surface area contributed by atoms with Crippen molar-refractivity contribution in [1.82, 2.24) is 10.2 Å². The van der Waals surface area contributed by atoms with Crippen molar-refractivity contribution >= 4 is 5.91 Å². The summed E-state index contributed by atoms with van der Waals surface area (Å²) < 4.78 is 0. The van der Waals surface area contributed by atoms with E-state index < -0.39 is 5.66 Å². The van der Waals surface area contributed by atoms with E-state index in [1.807, 2.05) is 41.3 Å². The summed E-state index contributed by atoms with van der Waals surface area (Å²) in [4.78, 5) is 14.4. The fourth-order valence-corrected chi connectivity index (χ4v) is 3.35. The van der Waals surface area contributed by atoms with Gasteiger partial charge in [0, 0.05) is 24.2 Å². The highest BCUT2D eigenvalue weighted by Gasteiger charge is 2.53. The minimum Gasteiger partial charge on any atom is -0.508 e. The molecule has 100 valence electrons. The second-order valence-corrected chi connectivity index (χ2v) is 5.19. The van der Waals surface area contributed by atoms with Gasteiger partial charge in [0.2, 0.25) is 0 Å². The number of nitrogens with one attached hydrogen (secondary N) is 1. The fraction of sp³-hybridized carbons (Fsp3) is 0.188. The van der Waals surface area contributed by atoms with Crippen molar-refractivity contribution in [3.63, 3.8) is 0 Å². The highest BCUT2D eigenvalue weighted by atomic mass is 16.3.